The van der Waals surface area contributed by atoms with Crippen molar-refractivity contribution in [1.29, 1.82) is 0 Å². The van der Waals surface area contributed by atoms with Crippen LogP contribution in [0.5, 0.6) is 5.75 Å². The molecule has 1 rings (SSSR count). The highest BCUT2D eigenvalue weighted by Gasteiger charge is 1.98. The van der Waals surface area contributed by atoms with Crippen molar-refractivity contribution in [3.05, 3.63) is 29.8 Å². The van der Waals surface area contributed by atoms with Crippen LogP contribution in [0.2, 0.25) is 0 Å². The minimum Gasteiger partial charge on any atom is -0.494 e. The zero-order chi connectivity index (χ0) is 14.6. The van der Waals surface area contributed by atoms with Crippen molar-refractivity contribution in [2.45, 2.75) is 39.0 Å². The lowest BCUT2D eigenvalue weighted by Gasteiger charge is -2.08. The number of ether oxygens (including phenoxy) is 1. The van der Waals surface area contributed by atoms with Gasteiger partial charge in [0.15, 0.2) is 0 Å². The highest BCUT2D eigenvalue weighted by atomic mass is 16.5. The van der Waals surface area contributed by atoms with E-state index in [0.29, 0.717) is 6.54 Å². The number of hydrogen-bond acceptors (Lipinski definition) is 3. The molecular weight excluding hydrogens is 254 g/mol. The van der Waals surface area contributed by atoms with Crippen LogP contribution in [0.4, 0.5) is 0 Å². The van der Waals surface area contributed by atoms with Crippen molar-refractivity contribution in [2.24, 2.45) is 0 Å². The third-order valence-corrected chi connectivity index (χ3v) is 3.00. The molecule has 2 N–H and O–H groups in total. The van der Waals surface area contributed by atoms with Gasteiger partial charge in [-0.25, -0.2) is 0 Å². The van der Waals surface area contributed by atoms with Gasteiger partial charge in [-0.1, -0.05) is 25.5 Å². The van der Waals surface area contributed by atoms with Crippen LogP contribution in [-0.2, 0) is 11.2 Å². The number of carbonyl (C=O) groups is 1. The normalized spacial score (nSPS) is 10.4. The second kappa shape index (κ2) is 10.3. The highest BCUT2D eigenvalue weighted by molar-refractivity contribution is 5.66. The van der Waals surface area contributed by atoms with E-state index in [1.54, 1.807) is 0 Å². The standard InChI is InChI=1S/C16H25NO3/c1-2-3-12-20-15-8-4-6-14(13-15)7-5-10-17-11-9-16(18)19/h4,6,8,13,17H,2-3,5,7,9-12H2,1H3,(H,18,19). The van der Waals surface area contributed by atoms with E-state index in [2.05, 4.69) is 24.4 Å². The fourth-order valence-corrected chi connectivity index (χ4v) is 1.86. The fraction of sp³-hybridized carbons (Fsp3) is 0.562. The maximum atomic E-state index is 10.3. The second-order valence-electron chi connectivity index (χ2n) is 4.85. The lowest BCUT2D eigenvalue weighted by atomic mass is 10.1. The molecule has 0 spiro atoms. The first-order valence-corrected chi connectivity index (χ1v) is 7.36. The minimum absolute atomic E-state index is 0.181. The van der Waals surface area contributed by atoms with Gasteiger partial charge in [0.25, 0.3) is 0 Å². The Labute approximate surface area is 121 Å². The molecule has 0 saturated heterocycles. The van der Waals surface area contributed by atoms with Gasteiger partial charge >= 0.3 is 5.97 Å². The quantitative estimate of drug-likeness (QED) is 0.612. The fourth-order valence-electron chi connectivity index (χ4n) is 1.86. The maximum absolute atomic E-state index is 10.3. The summed E-state index contributed by atoms with van der Waals surface area (Å²) in [5, 5.41) is 11.6. The second-order valence-corrected chi connectivity index (χ2v) is 4.85. The summed E-state index contributed by atoms with van der Waals surface area (Å²) in [6.45, 7) is 4.30. The smallest absolute Gasteiger partial charge is 0.304 e. The van der Waals surface area contributed by atoms with E-state index in [9.17, 15) is 4.79 Å². The minimum atomic E-state index is -0.755. The molecule has 4 heteroatoms. The summed E-state index contributed by atoms with van der Waals surface area (Å²) in [6.07, 6.45) is 4.38. The molecule has 4 nitrogen and oxygen atoms in total. The average molecular weight is 279 g/mol. The Balaban J connectivity index is 2.19. The molecule has 0 aliphatic carbocycles. The van der Waals surface area contributed by atoms with E-state index < -0.39 is 5.97 Å². The van der Waals surface area contributed by atoms with Crippen LogP contribution in [-0.4, -0.2) is 30.8 Å². The number of benzene rings is 1. The van der Waals surface area contributed by atoms with E-state index in [4.69, 9.17) is 9.84 Å². The summed E-state index contributed by atoms with van der Waals surface area (Å²) >= 11 is 0. The molecule has 0 heterocycles. The lowest BCUT2D eigenvalue weighted by molar-refractivity contribution is -0.136. The summed E-state index contributed by atoms with van der Waals surface area (Å²) in [4.78, 5) is 10.3. The molecule has 1 aromatic carbocycles. The van der Waals surface area contributed by atoms with E-state index in [0.717, 1.165) is 44.6 Å². The molecule has 0 unspecified atom stereocenters. The number of rotatable bonds is 11. The van der Waals surface area contributed by atoms with Gasteiger partial charge < -0.3 is 15.2 Å². The molecule has 0 aromatic heterocycles. The van der Waals surface area contributed by atoms with E-state index >= 15 is 0 Å². The molecule has 0 saturated carbocycles. The molecule has 0 radical (unpaired) electrons. The van der Waals surface area contributed by atoms with Gasteiger partial charge in [0.1, 0.15) is 5.75 Å². The van der Waals surface area contributed by atoms with Crippen molar-refractivity contribution >= 4 is 5.97 Å². The average Bonchev–Trinajstić information content (AvgIpc) is 2.43. The van der Waals surface area contributed by atoms with Gasteiger partial charge in [-0.3, -0.25) is 4.79 Å². The Morgan fingerprint density at radius 2 is 2.15 bits per heavy atom. The molecule has 0 amide bonds. The Hall–Kier alpha value is -1.55. The van der Waals surface area contributed by atoms with Crippen LogP contribution in [0.15, 0.2) is 24.3 Å². The van der Waals surface area contributed by atoms with Crippen LogP contribution in [0.3, 0.4) is 0 Å². The van der Waals surface area contributed by atoms with Crippen molar-refractivity contribution in [3.8, 4) is 5.75 Å². The van der Waals surface area contributed by atoms with E-state index in [1.165, 1.54) is 5.56 Å². The number of nitrogens with one attached hydrogen (secondary N) is 1. The number of carboxylic acids is 1. The van der Waals surface area contributed by atoms with Crippen LogP contribution in [0.1, 0.15) is 38.2 Å². The topological polar surface area (TPSA) is 58.6 Å². The Morgan fingerprint density at radius 3 is 2.90 bits per heavy atom. The first-order valence-electron chi connectivity index (χ1n) is 7.36. The summed E-state index contributed by atoms with van der Waals surface area (Å²) in [6, 6.07) is 8.20. The van der Waals surface area contributed by atoms with Crippen molar-refractivity contribution in [1.82, 2.24) is 5.32 Å². The van der Waals surface area contributed by atoms with Gasteiger partial charge in [-0.15, -0.1) is 0 Å². The summed E-state index contributed by atoms with van der Waals surface area (Å²) < 4.78 is 5.68. The summed E-state index contributed by atoms with van der Waals surface area (Å²) in [5.74, 6) is 0.184. The highest BCUT2D eigenvalue weighted by Crippen LogP contribution is 2.15. The molecule has 0 atom stereocenters. The Morgan fingerprint density at radius 1 is 1.30 bits per heavy atom. The Bertz CT molecular complexity index is 393. The summed E-state index contributed by atoms with van der Waals surface area (Å²) in [5.41, 5.74) is 1.26. The maximum Gasteiger partial charge on any atom is 0.304 e. The monoisotopic (exact) mass is 279 g/mol. The molecule has 1 aromatic rings. The number of aliphatic carboxylic acids is 1. The van der Waals surface area contributed by atoms with Crippen LogP contribution >= 0.6 is 0 Å². The number of aryl methyl sites for hydroxylation is 1. The van der Waals surface area contributed by atoms with Crippen LogP contribution < -0.4 is 10.1 Å². The van der Waals surface area contributed by atoms with Crippen LogP contribution in [0, 0.1) is 0 Å². The van der Waals surface area contributed by atoms with Gasteiger partial charge in [-0.2, -0.15) is 0 Å². The van der Waals surface area contributed by atoms with E-state index in [-0.39, 0.29) is 6.42 Å². The number of hydrogen-bond donors (Lipinski definition) is 2. The predicted molar refractivity (Wildman–Crippen MR) is 80.3 cm³/mol. The molecular formula is C16H25NO3. The molecule has 0 aliphatic heterocycles. The first-order chi connectivity index (χ1) is 9.72. The van der Waals surface area contributed by atoms with Gasteiger partial charge in [0.05, 0.1) is 13.0 Å². The van der Waals surface area contributed by atoms with Crippen molar-refractivity contribution in [2.75, 3.05) is 19.7 Å². The lowest BCUT2D eigenvalue weighted by Crippen LogP contribution is -2.19. The predicted octanol–water partition coefficient (Wildman–Crippen LogP) is 2.86. The molecule has 0 aliphatic rings. The van der Waals surface area contributed by atoms with Gasteiger partial charge in [0.2, 0.25) is 0 Å². The third kappa shape index (κ3) is 7.79. The SMILES string of the molecule is CCCCOc1cccc(CCCNCCC(=O)O)c1. The first kappa shape index (κ1) is 16.5. The Kier molecular flexibility index (Phi) is 8.47. The largest absolute Gasteiger partial charge is 0.494 e. The van der Waals surface area contributed by atoms with Gasteiger partial charge in [0, 0.05) is 6.54 Å². The zero-order valence-corrected chi connectivity index (χ0v) is 12.2. The van der Waals surface area contributed by atoms with Gasteiger partial charge in [-0.05, 0) is 43.5 Å². The number of unbranched alkanes of at least 4 members (excludes halogenated alkanes) is 1. The molecule has 20 heavy (non-hydrogen) atoms. The summed E-state index contributed by atoms with van der Waals surface area (Å²) in [7, 11) is 0. The third-order valence-electron chi connectivity index (χ3n) is 3.00. The molecule has 0 bridgehead atoms. The molecule has 112 valence electrons. The van der Waals surface area contributed by atoms with Crippen LogP contribution in [0.25, 0.3) is 0 Å². The van der Waals surface area contributed by atoms with Crippen molar-refractivity contribution in [3.63, 3.8) is 0 Å². The van der Waals surface area contributed by atoms with Crippen molar-refractivity contribution < 1.29 is 14.6 Å². The number of carboxylic acid groups (broad SMARTS) is 1. The van der Waals surface area contributed by atoms with E-state index in [1.807, 2.05) is 12.1 Å². The zero-order valence-electron chi connectivity index (χ0n) is 12.2. The molecule has 0 fully saturated rings.